The summed E-state index contributed by atoms with van der Waals surface area (Å²) >= 11 is 0. The number of anilines is 5. The average Bonchev–Trinajstić information content (AvgIpc) is 3.56. The highest BCUT2D eigenvalue weighted by Crippen LogP contribution is 2.40. The fraction of sp³-hybridized carbons (Fsp3) is 0.500. The summed E-state index contributed by atoms with van der Waals surface area (Å²) in [5.41, 5.74) is 4.61. The van der Waals surface area contributed by atoms with Crippen LogP contribution in [0.1, 0.15) is 46.1 Å². The average molecular weight is 745 g/mol. The summed E-state index contributed by atoms with van der Waals surface area (Å²) < 4.78 is 26.3. The predicted molar refractivity (Wildman–Crippen MR) is 211 cm³/mol. The number of methoxy groups -OCH3 is 1. The molecule has 2 aromatic carbocycles. The van der Waals surface area contributed by atoms with E-state index < -0.39 is 12.7 Å². The van der Waals surface area contributed by atoms with Gasteiger partial charge in [0.25, 0.3) is 0 Å². The van der Waals surface area contributed by atoms with E-state index in [1.807, 2.05) is 49.9 Å². The second-order valence-electron chi connectivity index (χ2n) is 15.1. The van der Waals surface area contributed by atoms with Crippen molar-refractivity contribution in [2.75, 3.05) is 75.2 Å². The van der Waals surface area contributed by atoms with E-state index >= 15 is 0 Å². The summed E-state index contributed by atoms with van der Waals surface area (Å²) in [4.78, 5) is 29.0. The first-order chi connectivity index (χ1) is 25.2. The van der Waals surface area contributed by atoms with Crippen LogP contribution in [0.25, 0.3) is 11.3 Å². The van der Waals surface area contributed by atoms with Gasteiger partial charge < -0.3 is 34.5 Å². The SMILES string of the molecule is CCc1cc(Nc2ncc(-c3cn(C)nn3)c(Nc3ccccc3P(C)(C)=O)n2)c(OC)cc1N1CCC(N2CCN(C(=O)OC(C)(C)C)CC2)CC1. The first-order valence-electron chi connectivity index (χ1n) is 18.3. The molecular formula is C38H53N10O4P. The summed E-state index contributed by atoms with van der Waals surface area (Å²) in [6, 6.07) is 12.3. The molecule has 14 nitrogen and oxygen atoms in total. The Hall–Kier alpha value is -4.68. The third-order valence-corrected chi connectivity index (χ3v) is 11.3. The Labute approximate surface area is 312 Å². The van der Waals surface area contributed by atoms with Crippen LogP contribution in [0.2, 0.25) is 0 Å². The minimum Gasteiger partial charge on any atom is -0.494 e. The lowest BCUT2D eigenvalue weighted by atomic mass is 9.99. The molecule has 2 saturated heterocycles. The number of piperidine rings is 1. The van der Waals surface area contributed by atoms with Crippen molar-refractivity contribution in [3.05, 3.63) is 54.4 Å². The molecule has 2 aliphatic heterocycles. The number of aryl methyl sites for hydroxylation is 2. The van der Waals surface area contributed by atoms with Gasteiger partial charge in [-0.1, -0.05) is 24.3 Å². The number of carbonyl (C=O) groups excluding carboxylic acids is 1. The van der Waals surface area contributed by atoms with Crippen LogP contribution in [-0.2, 0) is 22.8 Å². The third-order valence-electron chi connectivity index (χ3n) is 9.72. The van der Waals surface area contributed by atoms with Crippen molar-refractivity contribution in [3.8, 4) is 17.0 Å². The summed E-state index contributed by atoms with van der Waals surface area (Å²) in [6.45, 7) is 16.4. The maximum atomic E-state index is 13.2. The van der Waals surface area contributed by atoms with E-state index in [9.17, 15) is 9.36 Å². The van der Waals surface area contributed by atoms with E-state index in [1.54, 1.807) is 44.6 Å². The molecule has 2 aliphatic rings. The number of carbonyl (C=O) groups is 1. The first-order valence-corrected chi connectivity index (χ1v) is 20.9. The minimum absolute atomic E-state index is 0.222. The van der Waals surface area contributed by atoms with E-state index in [0.29, 0.717) is 53.6 Å². The van der Waals surface area contributed by atoms with Gasteiger partial charge in [-0.2, -0.15) is 4.98 Å². The highest BCUT2D eigenvalue weighted by atomic mass is 31.2. The number of aromatic nitrogens is 5. The van der Waals surface area contributed by atoms with Gasteiger partial charge in [0, 0.05) is 75.6 Å². The number of hydrogen-bond acceptors (Lipinski definition) is 12. The molecule has 4 heterocycles. The van der Waals surface area contributed by atoms with Crippen LogP contribution in [0, 0.1) is 0 Å². The molecule has 284 valence electrons. The molecule has 0 atom stereocenters. The normalized spacial score (nSPS) is 16.1. The number of benzene rings is 2. The quantitative estimate of drug-likeness (QED) is 0.181. The largest absolute Gasteiger partial charge is 0.494 e. The Kier molecular flexibility index (Phi) is 11.3. The van der Waals surface area contributed by atoms with Crippen molar-refractivity contribution >= 4 is 47.4 Å². The smallest absolute Gasteiger partial charge is 0.410 e. The zero-order chi connectivity index (χ0) is 37.9. The molecule has 0 spiro atoms. The van der Waals surface area contributed by atoms with Crippen LogP contribution in [0.15, 0.2) is 48.8 Å². The monoisotopic (exact) mass is 744 g/mol. The molecule has 2 aromatic heterocycles. The molecule has 0 radical (unpaired) electrons. The number of amides is 1. The molecule has 6 rings (SSSR count). The van der Waals surface area contributed by atoms with E-state index in [2.05, 4.69) is 54.8 Å². The molecule has 0 unspecified atom stereocenters. The molecule has 4 aromatic rings. The van der Waals surface area contributed by atoms with Crippen molar-refractivity contribution in [2.24, 2.45) is 7.05 Å². The summed E-state index contributed by atoms with van der Waals surface area (Å²) in [5, 5.41) is 16.0. The lowest BCUT2D eigenvalue weighted by Crippen LogP contribution is -2.55. The van der Waals surface area contributed by atoms with Crippen LogP contribution < -0.4 is 25.6 Å². The summed E-state index contributed by atoms with van der Waals surface area (Å²) in [5.74, 6) is 1.57. The topological polar surface area (TPSA) is 143 Å². The van der Waals surface area contributed by atoms with Crippen molar-refractivity contribution in [1.29, 1.82) is 0 Å². The van der Waals surface area contributed by atoms with Crippen LogP contribution in [-0.4, -0.2) is 112 Å². The Morgan fingerprint density at radius 1 is 1.00 bits per heavy atom. The number of nitrogens with one attached hydrogen (secondary N) is 2. The number of hydrogen-bond donors (Lipinski definition) is 2. The van der Waals surface area contributed by atoms with Gasteiger partial charge in [-0.3, -0.25) is 9.58 Å². The van der Waals surface area contributed by atoms with Crippen LogP contribution in [0.4, 0.5) is 33.6 Å². The fourth-order valence-electron chi connectivity index (χ4n) is 7.02. The Bertz CT molecular complexity index is 1960. The summed E-state index contributed by atoms with van der Waals surface area (Å²) in [6.07, 6.45) is 6.23. The Morgan fingerprint density at radius 3 is 2.34 bits per heavy atom. The van der Waals surface area contributed by atoms with E-state index in [1.165, 1.54) is 11.3 Å². The number of para-hydroxylation sites is 1. The second-order valence-corrected chi connectivity index (χ2v) is 18.3. The molecule has 0 saturated carbocycles. The summed E-state index contributed by atoms with van der Waals surface area (Å²) in [7, 11) is 0.887. The van der Waals surface area contributed by atoms with Gasteiger partial charge in [0.05, 0.1) is 30.2 Å². The number of ether oxygens (including phenoxy) is 2. The van der Waals surface area contributed by atoms with Gasteiger partial charge in [0.2, 0.25) is 5.95 Å². The molecule has 15 heteroatoms. The maximum Gasteiger partial charge on any atom is 0.410 e. The van der Waals surface area contributed by atoms with Crippen molar-refractivity contribution in [1.82, 2.24) is 34.8 Å². The highest BCUT2D eigenvalue weighted by molar-refractivity contribution is 7.70. The van der Waals surface area contributed by atoms with Gasteiger partial charge >= 0.3 is 6.09 Å². The molecule has 1 amide bonds. The van der Waals surface area contributed by atoms with Crippen molar-refractivity contribution in [2.45, 2.75) is 58.6 Å². The Balaban J connectivity index is 1.18. The molecule has 0 aliphatic carbocycles. The zero-order valence-electron chi connectivity index (χ0n) is 32.2. The molecular weight excluding hydrogens is 691 g/mol. The lowest BCUT2D eigenvalue weighted by molar-refractivity contribution is 0.00901. The lowest BCUT2D eigenvalue weighted by Gasteiger charge is -2.43. The fourth-order valence-corrected chi connectivity index (χ4v) is 8.17. The Morgan fingerprint density at radius 2 is 1.72 bits per heavy atom. The van der Waals surface area contributed by atoms with E-state index in [4.69, 9.17) is 14.5 Å². The first kappa shape index (κ1) is 38.1. The van der Waals surface area contributed by atoms with Crippen LogP contribution in [0.5, 0.6) is 5.75 Å². The minimum atomic E-state index is -2.59. The van der Waals surface area contributed by atoms with E-state index in [-0.39, 0.29) is 6.09 Å². The van der Waals surface area contributed by atoms with Gasteiger partial charge in [-0.15, -0.1) is 5.10 Å². The standard InChI is InChI=1S/C38H53N10O4P/c1-9-26-22-30(33(51-6)23-32(26)47-16-14-27(15-17-47)46-18-20-48(21-19-46)37(49)52-38(2,3)4)41-36-39-24-28(31-25-45(5)44-43-31)35(42-36)40-29-12-10-11-13-34(29)53(7,8)50/h10-13,22-25,27H,9,14-21H2,1-8H3,(H2,39,40,41,42). The number of piperazine rings is 1. The van der Waals surface area contributed by atoms with Crippen LogP contribution in [0.3, 0.4) is 0 Å². The maximum absolute atomic E-state index is 13.2. The molecule has 2 fully saturated rings. The second kappa shape index (κ2) is 15.7. The number of nitrogens with zero attached hydrogens (tertiary/aromatic N) is 8. The van der Waals surface area contributed by atoms with Gasteiger partial charge in [-0.05, 0) is 77.1 Å². The zero-order valence-corrected chi connectivity index (χ0v) is 33.1. The van der Waals surface area contributed by atoms with Crippen LogP contribution >= 0.6 is 7.14 Å². The van der Waals surface area contributed by atoms with Gasteiger partial charge in [0.15, 0.2) is 0 Å². The predicted octanol–water partition coefficient (Wildman–Crippen LogP) is 6.10. The molecule has 53 heavy (non-hydrogen) atoms. The number of rotatable bonds is 10. The van der Waals surface area contributed by atoms with Gasteiger partial charge in [-0.25, -0.2) is 9.78 Å². The van der Waals surface area contributed by atoms with Crippen molar-refractivity contribution < 1.29 is 18.8 Å². The van der Waals surface area contributed by atoms with Crippen molar-refractivity contribution in [3.63, 3.8) is 0 Å². The highest BCUT2D eigenvalue weighted by Gasteiger charge is 2.31. The molecule has 2 N–H and O–H groups in total. The third kappa shape index (κ3) is 9.10. The van der Waals surface area contributed by atoms with Gasteiger partial charge in [0.1, 0.15) is 30.0 Å². The van der Waals surface area contributed by atoms with E-state index in [0.717, 1.165) is 56.4 Å². The molecule has 0 bridgehead atoms.